The van der Waals surface area contributed by atoms with Crippen molar-refractivity contribution in [1.82, 2.24) is 4.90 Å². The summed E-state index contributed by atoms with van der Waals surface area (Å²) in [7, 11) is 0. The first-order valence-electron chi connectivity index (χ1n) is 8.31. The Morgan fingerprint density at radius 2 is 1.85 bits per heavy atom. The van der Waals surface area contributed by atoms with Gasteiger partial charge < -0.3 is 10.0 Å². The molecule has 2 aromatic rings. The van der Waals surface area contributed by atoms with Crippen molar-refractivity contribution in [3.8, 4) is 0 Å². The lowest BCUT2D eigenvalue weighted by atomic mass is 9.89. The minimum absolute atomic E-state index is 0.00738. The summed E-state index contributed by atoms with van der Waals surface area (Å²) in [5.74, 6) is -2.75. The molecule has 1 saturated heterocycles. The number of aliphatic carboxylic acids is 1. The second kappa shape index (κ2) is 7.36. The van der Waals surface area contributed by atoms with E-state index in [-0.39, 0.29) is 24.3 Å². The highest BCUT2D eigenvalue weighted by Crippen LogP contribution is 2.35. The van der Waals surface area contributed by atoms with Crippen LogP contribution in [0.2, 0.25) is 5.02 Å². The molecule has 1 N–H and O–H groups in total. The van der Waals surface area contributed by atoms with Crippen LogP contribution in [-0.4, -0.2) is 39.9 Å². The first-order valence-corrected chi connectivity index (χ1v) is 8.69. The van der Waals surface area contributed by atoms with Crippen molar-refractivity contribution < 1.29 is 19.6 Å². The summed E-state index contributed by atoms with van der Waals surface area (Å²) >= 11 is 5.89. The van der Waals surface area contributed by atoms with Crippen LogP contribution in [-0.2, 0) is 4.79 Å². The molecule has 8 heteroatoms. The van der Waals surface area contributed by atoms with Crippen molar-refractivity contribution in [3.63, 3.8) is 0 Å². The van der Waals surface area contributed by atoms with Gasteiger partial charge in [0.25, 0.3) is 11.6 Å². The largest absolute Gasteiger partial charge is 0.481 e. The minimum Gasteiger partial charge on any atom is -0.481 e. The third-order valence-electron chi connectivity index (χ3n) is 4.87. The predicted octanol–water partition coefficient (Wildman–Crippen LogP) is 3.50. The standard InChI is InChI=1S/C19H17ClN2O5/c1-11-3-2-4-14(17(11)22(26)27)18(23)21-9-15(16(10-21)19(24)25)12-5-7-13(20)8-6-12/h2-8,15-16H,9-10H2,1H3,(H,24,25)/t15-,16+/m0/s1. The molecular formula is C19H17ClN2O5. The minimum atomic E-state index is -1.01. The number of carboxylic acids is 1. The lowest BCUT2D eigenvalue weighted by molar-refractivity contribution is -0.385. The number of para-hydroxylation sites is 1. The molecule has 1 aliphatic heterocycles. The van der Waals surface area contributed by atoms with E-state index in [9.17, 15) is 24.8 Å². The summed E-state index contributed by atoms with van der Waals surface area (Å²) in [6.45, 7) is 1.73. The number of rotatable bonds is 4. The molecule has 1 amide bonds. The van der Waals surface area contributed by atoms with E-state index < -0.39 is 28.6 Å². The molecule has 140 valence electrons. The van der Waals surface area contributed by atoms with E-state index in [1.807, 2.05) is 0 Å². The van der Waals surface area contributed by atoms with E-state index in [4.69, 9.17) is 11.6 Å². The fourth-order valence-corrected chi connectivity index (χ4v) is 3.64. The third-order valence-corrected chi connectivity index (χ3v) is 5.13. The lowest BCUT2D eigenvalue weighted by Crippen LogP contribution is -2.30. The van der Waals surface area contributed by atoms with Crippen molar-refractivity contribution >= 4 is 29.2 Å². The number of hydrogen-bond donors (Lipinski definition) is 1. The number of nitro benzene ring substituents is 1. The number of nitrogens with zero attached hydrogens (tertiary/aromatic N) is 2. The molecule has 0 radical (unpaired) electrons. The number of amides is 1. The van der Waals surface area contributed by atoms with Crippen molar-refractivity contribution in [2.24, 2.45) is 5.92 Å². The molecule has 0 aromatic heterocycles. The van der Waals surface area contributed by atoms with Gasteiger partial charge in [0.05, 0.1) is 10.8 Å². The fourth-order valence-electron chi connectivity index (χ4n) is 3.51. The van der Waals surface area contributed by atoms with Gasteiger partial charge in [0.15, 0.2) is 0 Å². The van der Waals surface area contributed by atoms with Gasteiger partial charge in [-0.25, -0.2) is 0 Å². The Kier molecular flexibility index (Phi) is 5.14. The van der Waals surface area contributed by atoms with Crippen LogP contribution in [0, 0.1) is 23.0 Å². The quantitative estimate of drug-likeness (QED) is 0.638. The fraction of sp³-hybridized carbons (Fsp3) is 0.263. The van der Waals surface area contributed by atoms with Gasteiger partial charge in [0, 0.05) is 29.6 Å². The number of aryl methyl sites for hydroxylation is 1. The summed E-state index contributed by atoms with van der Waals surface area (Å²) in [5.41, 5.74) is 0.875. The molecule has 1 heterocycles. The maximum absolute atomic E-state index is 12.9. The molecule has 0 aliphatic carbocycles. The van der Waals surface area contributed by atoms with E-state index in [1.165, 1.54) is 11.0 Å². The van der Waals surface area contributed by atoms with Crippen molar-refractivity contribution in [1.29, 1.82) is 0 Å². The summed E-state index contributed by atoms with van der Waals surface area (Å²) in [6, 6.07) is 11.4. The zero-order valence-corrected chi connectivity index (χ0v) is 15.2. The van der Waals surface area contributed by atoms with Crippen LogP contribution in [0.25, 0.3) is 0 Å². The lowest BCUT2D eigenvalue weighted by Gasteiger charge is -2.17. The van der Waals surface area contributed by atoms with E-state index in [0.717, 1.165) is 5.56 Å². The third kappa shape index (κ3) is 3.64. The molecule has 3 rings (SSSR count). The molecule has 7 nitrogen and oxygen atoms in total. The van der Waals surface area contributed by atoms with Gasteiger partial charge in [-0.2, -0.15) is 0 Å². The Morgan fingerprint density at radius 1 is 1.19 bits per heavy atom. The van der Waals surface area contributed by atoms with Gasteiger partial charge >= 0.3 is 5.97 Å². The van der Waals surface area contributed by atoms with Gasteiger partial charge in [-0.05, 0) is 30.7 Å². The Bertz CT molecular complexity index is 913. The number of carbonyl (C=O) groups excluding carboxylic acids is 1. The van der Waals surface area contributed by atoms with Crippen LogP contribution in [0.3, 0.4) is 0 Å². The monoisotopic (exact) mass is 388 g/mol. The number of hydrogen-bond acceptors (Lipinski definition) is 4. The van der Waals surface area contributed by atoms with Gasteiger partial charge in [0.1, 0.15) is 5.56 Å². The van der Waals surface area contributed by atoms with Crippen molar-refractivity contribution in [2.45, 2.75) is 12.8 Å². The van der Waals surface area contributed by atoms with E-state index in [2.05, 4.69) is 0 Å². The summed E-state index contributed by atoms with van der Waals surface area (Å²) in [4.78, 5) is 36.8. The Hall–Kier alpha value is -2.93. The Morgan fingerprint density at radius 3 is 2.44 bits per heavy atom. The molecule has 27 heavy (non-hydrogen) atoms. The molecule has 2 aromatic carbocycles. The maximum Gasteiger partial charge on any atom is 0.308 e. The number of carbonyl (C=O) groups is 2. The molecule has 2 atom stereocenters. The molecular weight excluding hydrogens is 372 g/mol. The summed E-state index contributed by atoms with van der Waals surface area (Å²) in [5, 5.41) is 21.5. The number of likely N-dealkylation sites (tertiary alicyclic amines) is 1. The summed E-state index contributed by atoms with van der Waals surface area (Å²) < 4.78 is 0. The molecule has 1 fully saturated rings. The predicted molar refractivity (Wildman–Crippen MR) is 99.1 cm³/mol. The normalized spacial score (nSPS) is 19.1. The second-order valence-corrected chi connectivity index (χ2v) is 6.98. The maximum atomic E-state index is 12.9. The van der Waals surface area contributed by atoms with E-state index >= 15 is 0 Å². The highest BCUT2D eigenvalue weighted by molar-refractivity contribution is 6.30. The molecule has 0 spiro atoms. The topological polar surface area (TPSA) is 101 Å². The molecule has 0 unspecified atom stereocenters. The van der Waals surface area contributed by atoms with Crippen LogP contribution in [0.5, 0.6) is 0 Å². The van der Waals surface area contributed by atoms with Gasteiger partial charge in [-0.1, -0.05) is 35.9 Å². The zero-order valence-electron chi connectivity index (χ0n) is 14.5. The average molecular weight is 389 g/mol. The van der Waals surface area contributed by atoms with Crippen LogP contribution < -0.4 is 0 Å². The van der Waals surface area contributed by atoms with Gasteiger partial charge in [-0.3, -0.25) is 19.7 Å². The average Bonchev–Trinajstić information content (AvgIpc) is 3.06. The molecule has 0 bridgehead atoms. The first kappa shape index (κ1) is 18.8. The zero-order chi connectivity index (χ0) is 19.7. The smallest absolute Gasteiger partial charge is 0.308 e. The second-order valence-electron chi connectivity index (χ2n) is 6.54. The molecule has 1 aliphatic rings. The SMILES string of the molecule is Cc1cccc(C(=O)N2C[C@@H](C(=O)O)[C@H](c3ccc(Cl)cc3)C2)c1[N+](=O)[O-]. The van der Waals surface area contributed by atoms with E-state index in [0.29, 0.717) is 10.6 Å². The number of benzene rings is 2. The van der Waals surface area contributed by atoms with Crippen LogP contribution in [0.1, 0.15) is 27.4 Å². The van der Waals surface area contributed by atoms with Crippen molar-refractivity contribution in [3.05, 3.63) is 74.3 Å². The first-order chi connectivity index (χ1) is 12.8. The summed E-state index contributed by atoms with van der Waals surface area (Å²) in [6.07, 6.45) is 0. The van der Waals surface area contributed by atoms with Gasteiger partial charge in [-0.15, -0.1) is 0 Å². The Labute approximate surface area is 160 Å². The van der Waals surface area contributed by atoms with Crippen LogP contribution in [0.4, 0.5) is 5.69 Å². The number of carboxylic acid groups (broad SMARTS) is 1. The number of halogens is 1. The molecule has 0 saturated carbocycles. The number of nitro groups is 1. The van der Waals surface area contributed by atoms with E-state index in [1.54, 1.807) is 43.3 Å². The highest BCUT2D eigenvalue weighted by Gasteiger charge is 2.41. The Balaban J connectivity index is 1.93. The van der Waals surface area contributed by atoms with Gasteiger partial charge in [0.2, 0.25) is 0 Å². The van der Waals surface area contributed by atoms with Crippen LogP contribution in [0.15, 0.2) is 42.5 Å². The highest BCUT2D eigenvalue weighted by atomic mass is 35.5. The van der Waals surface area contributed by atoms with Crippen molar-refractivity contribution in [2.75, 3.05) is 13.1 Å². The van der Waals surface area contributed by atoms with Crippen LogP contribution >= 0.6 is 11.6 Å².